The van der Waals surface area contributed by atoms with E-state index in [9.17, 15) is 4.79 Å². The number of ether oxygens (including phenoxy) is 1. The monoisotopic (exact) mass is 362 g/mol. The van der Waals surface area contributed by atoms with E-state index in [1.54, 1.807) is 7.11 Å². The fourth-order valence-corrected chi connectivity index (χ4v) is 3.57. The minimum atomic E-state index is -0.218. The maximum absolute atomic E-state index is 12.5. The fraction of sp³-hybridized carbons (Fsp3) is 0.444. The zero-order chi connectivity index (χ0) is 17.8. The van der Waals surface area contributed by atoms with Crippen LogP contribution in [0.15, 0.2) is 30.5 Å². The molecule has 25 heavy (non-hydrogen) atoms. The highest BCUT2D eigenvalue weighted by molar-refractivity contribution is 6.33. The van der Waals surface area contributed by atoms with Crippen LogP contribution >= 0.6 is 11.6 Å². The predicted molar refractivity (Wildman–Crippen MR) is 97.3 cm³/mol. The zero-order valence-corrected chi connectivity index (χ0v) is 15.2. The Bertz CT molecular complexity index is 716. The molecule has 1 saturated heterocycles. The molecule has 2 atom stereocenters. The Kier molecular flexibility index (Phi) is 5.60. The highest BCUT2D eigenvalue weighted by Gasteiger charge is 2.35. The first-order valence-electron chi connectivity index (χ1n) is 8.48. The van der Waals surface area contributed by atoms with Gasteiger partial charge in [0.1, 0.15) is 11.4 Å². The van der Waals surface area contributed by atoms with Crippen LogP contribution in [0.5, 0.6) is 5.75 Å². The van der Waals surface area contributed by atoms with Crippen LogP contribution in [0.4, 0.5) is 0 Å². The molecule has 0 aliphatic carbocycles. The normalized spacial score (nSPS) is 20.6. The second-order valence-electron chi connectivity index (χ2n) is 6.31. The van der Waals surface area contributed by atoms with Crippen LogP contribution in [-0.2, 0) is 0 Å². The van der Waals surface area contributed by atoms with Crippen molar-refractivity contribution >= 4 is 17.5 Å². The molecule has 3 rings (SSSR count). The summed E-state index contributed by atoms with van der Waals surface area (Å²) in [7, 11) is 1.66. The van der Waals surface area contributed by atoms with Crippen molar-refractivity contribution in [3.8, 4) is 5.75 Å². The number of aromatic amines is 1. The van der Waals surface area contributed by atoms with Gasteiger partial charge in [-0.05, 0) is 30.7 Å². The Morgan fingerprint density at radius 3 is 2.76 bits per heavy atom. The largest absolute Gasteiger partial charge is 0.497 e. The molecule has 2 N–H and O–H groups in total. The van der Waals surface area contributed by atoms with Crippen LogP contribution in [0.1, 0.15) is 35.3 Å². The van der Waals surface area contributed by atoms with E-state index in [-0.39, 0.29) is 17.9 Å². The first-order valence-corrected chi connectivity index (χ1v) is 8.86. The number of hydrogen-bond donors (Lipinski definition) is 2. The number of benzene rings is 1. The number of carbonyl (C=O) groups excluding carboxylic acids is 1. The molecular weight excluding hydrogens is 340 g/mol. The number of rotatable bonds is 6. The van der Waals surface area contributed by atoms with Crippen molar-refractivity contribution in [2.45, 2.75) is 25.3 Å². The van der Waals surface area contributed by atoms with Crippen LogP contribution in [0.25, 0.3) is 0 Å². The van der Waals surface area contributed by atoms with Crippen molar-refractivity contribution < 1.29 is 9.53 Å². The highest BCUT2D eigenvalue weighted by atomic mass is 35.5. The molecule has 0 radical (unpaired) electrons. The number of halogens is 1. The number of carbonyl (C=O) groups is 1. The first kappa shape index (κ1) is 17.8. The molecule has 2 aromatic rings. The summed E-state index contributed by atoms with van der Waals surface area (Å²) >= 11 is 6.01. The molecule has 0 unspecified atom stereocenters. The van der Waals surface area contributed by atoms with E-state index in [2.05, 4.69) is 39.5 Å². The second kappa shape index (κ2) is 7.89. The number of H-pyrrole nitrogens is 1. The van der Waals surface area contributed by atoms with E-state index >= 15 is 0 Å². The molecule has 0 bridgehead atoms. The smallest absolute Gasteiger partial charge is 0.271 e. The average molecular weight is 363 g/mol. The molecule has 2 heterocycles. The summed E-state index contributed by atoms with van der Waals surface area (Å²) in [6, 6.07) is 8.08. The molecule has 1 aromatic heterocycles. The maximum Gasteiger partial charge on any atom is 0.271 e. The number of methoxy groups -OCH3 is 1. The van der Waals surface area contributed by atoms with Gasteiger partial charge in [0.2, 0.25) is 0 Å². The summed E-state index contributed by atoms with van der Waals surface area (Å²) in [6.07, 6.45) is 2.53. The van der Waals surface area contributed by atoms with Crippen LogP contribution in [0.3, 0.4) is 0 Å². The molecule has 0 spiro atoms. The predicted octanol–water partition coefficient (Wildman–Crippen LogP) is 2.68. The van der Waals surface area contributed by atoms with E-state index in [4.69, 9.17) is 16.3 Å². The van der Waals surface area contributed by atoms with E-state index in [0.717, 1.165) is 31.8 Å². The fourth-order valence-electron chi connectivity index (χ4n) is 3.39. The Morgan fingerprint density at radius 2 is 2.16 bits per heavy atom. The minimum absolute atomic E-state index is 0.0202. The van der Waals surface area contributed by atoms with E-state index in [0.29, 0.717) is 10.7 Å². The topological polar surface area (TPSA) is 70.2 Å². The van der Waals surface area contributed by atoms with Crippen molar-refractivity contribution in [2.24, 2.45) is 0 Å². The van der Waals surface area contributed by atoms with E-state index in [1.807, 2.05) is 12.1 Å². The molecule has 1 amide bonds. The zero-order valence-electron chi connectivity index (χ0n) is 14.5. The lowest BCUT2D eigenvalue weighted by atomic mass is 9.94. The summed E-state index contributed by atoms with van der Waals surface area (Å²) in [5.74, 6) is 0.837. The quantitative estimate of drug-likeness (QED) is 0.828. The van der Waals surface area contributed by atoms with Crippen molar-refractivity contribution in [3.05, 3.63) is 46.7 Å². The molecule has 6 nitrogen and oxygen atoms in total. The Labute approximate surface area is 152 Å². The van der Waals surface area contributed by atoms with Gasteiger partial charge in [0.15, 0.2) is 0 Å². The number of likely N-dealkylation sites (tertiary alicyclic amines) is 1. The van der Waals surface area contributed by atoms with Gasteiger partial charge in [-0.3, -0.25) is 9.89 Å². The highest BCUT2D eigenvalue weighted by Crippen LogP contribution is 2.29. The van der Waals surface area contributed by atoms with Gasteiger partial charge in [-0.25, -0.2) is 0 Å². The van der Waals surface area contributed by atoms with Crippen LogP contribution in [0.2, 0.25) is 5.02 Å². The first-order chi connectivity index (χ1) is 12.1. The number of amides is 1. The lowest BCUT2D eigenvalue weighted by Crippen LogP contribution is -2.40. The third-order valence-electron chi connectivity index (χ3n) is 4.62. The molecule has 1 aliphatic heterocycles. The standard InChI is InChI=1S/C18H23ClN4O2/c1-3-8-23-10-14(12-4-6-13(25-2)7-5-12)16(11-23)21-18(24)17-15(19)9-20-22-17/h4-7,9,14,16H,3,8,10-11H2,1-2H3,(H,20,22)(H,21,24)/t14-,16+/m1/s1. The molecular formula is C18H23ClN4O2. The van der Waals surface area contributed by atoms with Gasteiger partial charge in [0.05, 0.1) is 18.3 Å². The number of aromatic nitrogens is 2. The Hall–Kier alpha value is -2.05. The lowest BCUT2D eigenvalue weighted by Gasteiger charge is -2.20. The molecule has 7 heteroatoms. The van der Waals surface area contributed by atoms with Crippen LogP contribution < -0.4 is 10.1 Å². The summed E-state index contributed by atoms with van der Waals surface area (Å²) in [6.45, 7) is 4.92. The number of hydrogen-bond acceptors (Lipinski definition) is 4. The third-order valence-corrected chi connectivity index (χ3v) is 4.90. The third kappa shape index (κ3) is 3.96. The summed E-state index contributed by atoms with van der Waals surface area (Å²) < 4.78 is 5.24. The SMILES string of the molecule is CCCN1C[C@H](NC(=O)c2[nH]ncc2Cl)[C@@H](c2ccc(OC)cc2)C1. The van der Waals surface area contributed by atoms with E-state index in [1.165, 1.54) is 11.8 Å². The van der Waals surface area contributed by atoms with Gasteiger partial charge in [0, 0.05) is 25.0 Å². The molecule has 134 valence electrons. The Morgan fingerprint density at radius 1 is 1.40 bits per heavy atom. The van der Waals surface area contributed by atoms with Crippen molar-refractivity contribution in [1.82, 2.24) is 20.4 Å². The van der Waals surface area contributed by atoms with Gasteiger partial charge in [-0.1, -0.05) is 30.7 Å². The van der Waals surface area contributed by atoms with Crippen molar-refractivity contribution in [2.75, 3.05) is 26.7 Å². The number of nitrogens with one attached hydrogen (secondary N) is 2. The molecule has 1 aliphatic rings. The van der Waals surface area contributed by atoms with E-state index < -0.39 is 0 Å². The molecule has 1 aromatic carbocycles. The summed E-state index contributed by atoms with van der Waals surface area (Å²) in [5, 5.41) is 9.93. The van der Waals surface area contributed by atoms with Gasteiger partial charge in [-0.2, -0.15) is 5.10 Å². The van der Waals surface area contributed by atoms with Gasteiger partial charge in [0.25, 0.3) is 5.91 Å². The van der Waals surface area contributed by atoms with Crippen molar-refractivity contribution in [1.29, 1.82) is 0 Å². The minimum Gasteiger partial charge on any atom is -0.497 e. The lowest BCUT2D eigenvalue weighted by molar-refractivity contribution is 0.0930. The Balaban J connectivity index is 1.78. The maximum atomic E-state index is 12.5. The molecule has 0 saturated carbocycles. The number of nitrogens with zero attached hydrogens (tertiary/aromatic N) is 2. The van der Waals surface area contributed by atoms with Gasteiger partial charge in [-0.15, -0.1) is 0 Å². The second-order valence-corrected chi connectivity index (χ2v) is 6.72. The average Bonchev–Trinajstić information content (AvgIpc) is 3.21. The summed E-state index contributed by atoms with van der Waals surface area (Å²) in [4.78, 5) is 14.9. The van der Waals surface area contributed by atoms with Gasteiger partial charge < -0.3 is 15.0 Å². The van der Waals surface area contributed by atoms with Crippen LogP contribution in [0, 0.1) is 0 Å². The van der Waals surface area contributed by atoms with Crippen LogP contribution in [-0.4, -0.2) is 53.8 Å². The van der Waals surface area contributed by atoms with Gasteiger partial charge >= 0.3 is 0 Å². The molecule has 1 fully saturated rings. The van der Waals surface area contributed by atoms with Crippen molar-refractivity contribution in [3.63, 3.8) is 0 Å². The summed E-state index contributed by atoms with van der Waals surface area (Å²) in [5.41, 5.74) is 1.50.